The Morgan fingerprint density at radius 1 is 1.19 bits per heavy atom. The molecule has 2 amide bonds. The smallest absolute Gasteiger partial charge is 0.452 e. The van der Waals surface area contributed by atoms with Gasteiger partial charge < -0.3 is 29.5 Å². The van der Waals surface area contributed by atoms with Gasteiger partial charge in [0.15, 0.2) is 0 Å². The summed E-state index contributed by atoms with van der Waals surface area (Å²) in [5.74, 6) is -0.691. The molecular weight excluding hydrogens is 513 g/mol. The lowest BCUT2D eigenvalue weighted by Crippen LogP contribution is -2.44. The molecule has 0 spiro atoms. The van der Waals surface area contributed by atoms with Crippen LogP contribution < -0.4 is 14.8 Å². The minimum absolute atomic E-state index is 0.0393. The minimum Gasteiger partial charge on any atom is -0.452 e. The van der Waals surface area contributed by atoms with Gasteiger partial charge in [-0.3, -0.25) is 9.59 Å². The van der Waals surface area contributed by atoms with Gasteiger partial charge >= 0.3 is 6.36 Å². The Labute approximate surface area is 217 Å². The first-order chi connectivity index (χ1) is 17.4. The maximum Gasteiger partial charge on any atom is 0.573 e. The van der Waals surface area contributed by atoms with Crippen LogP contribution in [-0.4, -0.2) is 60.4 Å². The summed E-state index contributed by atoms with van der Waals surface area (Å²) in [7, 11) is 3.05. The van der Waals surface area contributed by atoms with Gasteiger partial charge in [0, 0.05) is 38.3 Å². The van der Waals surface area contributed by atoms with Gasteiger partial charge in [0.1, 0.15) is 23.0 Å². The summed E-state index contributed by atoms with van der Waals surface area (Å²) in [5.41, 5.74) is 1.63. The average Bonchev–Trinajstić information content (AvgIpc) is 3.15. The normalized spacial score (nSPS) is 15.2. The zero-order valence-electron chi connectivity index (χ0n) is 20.4. The Morgan fingerprint density at radius 3 is 2.43 bits per heavy atom. The van der Waals surface area contributed by atoms with Crippen molar-refractivity contribution in [2.45, 2.75) is 26.2 Å². The molecule has 1 heterocycles. The predicted molar refractivity (Wildman–Crippen MR) is 131 cm³/mol. The van der Waals surface area contributed by atoms with E-state index in [9.17, 15) is 22.8 Å². The van der Waals surface area contributed by atoms with Gasteiger partial charge in [-0.1, -0.05) is 42.0 Å². The molecule has 0 fully saturated rings. The number of halogens is 4. The number of rotatable bonds is 10. The Balaban J connectivity index is 2.01. The number of amides is 2. The minimum atomic E-state index is -4.88. The zero-order chi connectivity index (χ0) is 27.3. The molecular formula is C25H26ClF3N4O4. The van der Waals surface area contributed by atoms with E-state index in [4.69, 9.17) is 16.3 Å². The van der Waals surface area contributed by atoms with Crippen molar-refractivity contribution in [2.24, 2.45) is 0 Å². The molecule has 0 aliphatic carbocycles. The van der Waals surface area contributed by atoms with Crippen molar-refractivity contribution in [1.82, 2.24) is 20.0 Å². The van der Waals surface area contributed by atoms with Crippen LogP contribution in [0.1, 0.15) is 12.5 Å². The number of carbonyl (C=O) groups excluding carboxylic acids is 2. The topological polar surface area (TPSA) is 74.4 Å². The Kier molecular flexibility index (Phi) is 8.59. The van der Waals surface area contributed by atoms with Crippen molar-refractivity contribution in [3.63, 3.8) is 0 Å². The number of benzene rings is 2. The summed E-state index contributed by atoms with van der Waals surface area (Å²) >= 11 is 6.01. The summed E-state index contributed by atoms with van der Waals surface area (Å²) < 4.78 is 48.1. The largest absolute Gasteiger partial charge is 0.573 e. The lowest BCUT2D eigenvalue weighted by molar-refractivity contribution is -0.274. The zero-order valence-corrected chi connectivity index (χ0v) is 21.1. The number of carbonyl (C=O) groups is 2. The van der Waals surface area contributed by atoms with Gasteiger partial charge in [0.05, 0.1) is 0 Å². The van der Waals surface area contributed by atoms with Crippen molar-refractivity contribution in [2.75, 3.05) is 20.6 Å². The lowest BCUT2D eigenvalue weighted by Gasteiger charge is -2.30. The van der Waals surface area contributed by atoms with E-state index in [1.807, 2.05) is 0 Å². The standard InChI is InChI=1S/C25H26ClF3N4O4/c1-16(2)13-31(3)23(35)21-22(32(4)15-34)30-24(33(21)14-17-8-10-18(26)11-9-17)36-19-6-5-7-20(12-19)37-25(27,28)29/h5-12,15,24,30H,1,13-14H2,2-4H3. The summed E-state index contributed by atoms with van der Waals surface area (Å²) in [6.45, 7) is 6.02. The highest BCUT2D eigenvalue weighted by molar-refractivity contribution is 6.30. The van der Waals surface area contributed by atoms with Crippen LogP contribution in [0.3, 0.4) is 0 Å². The fraction of sp³-hybridized carbons (Fsp3) is 0.280. The van der Waals surface area contributed by atoms with Crippen LogP contribution in [0.2, 0.25) is 5.02 Å². The first-order valence-corrected chi connectivity index (χ1v) is 11.4. The molecule has 37 heavy (non-hydrogen) atoms. The van der Waals surface area contributed by atoms with Gasteiger partial charge in [-0.15, -0.1) is 13.2 Å². The molecule has 198 valence electrons. The van der Waals surface area contributed by atoms with Gasteiger partial charge in [0.2, 0.25) is 6.41 Å². The second-order valence-electron chi connectivity index (χ2n) is 8.42. The molecule has 1 unspecified atom stereocenters. The third-order valence-electron chi connectivity index (χ3n) is 5.17. The molecule has 1 aliphatic rings. The number of hydrogen-bond acceptors (Lipinski definition) is 6. The first kappa shape index (κ1) is 27.7. The van der Waals surface area contributed by atoms with Gasteiger partial charge in [-0.25, -0.2) is 0 Å². The SMILES string of the molecule is C=C(C)CN(C)C(=O)C1=C(N(C)C=O)NC(Oc2cccc(OC(F)(F)F)c2)N1Cc1ccc(Cl)cc1. The summed E-state index contributed by atoms with van der Waals surface area (Å²) in [4.78, 5) is 29.4. The summed E-state index contributed by atoms with van der Waals surface area (Å²) in [6.07, 6.45) is -5.42. The molecule has 0 aromatic heterocycles. The van der Waals surface area contributed by atoms with Crippen LogP contribution in [0.25, 0.3) is 0 Å². The van der Waals surface area contributed by atoms with E-state index >= 15 is 0 Å². The van der Waals surface area contributed by atoms with Crippen molar-refractivity contribution < 1.29 is 32.2 Å². The fourth-order valence-corrected chi connectivity index (χ4v) is 3.76. The van der Waals surface area contributed by atoms with Crippen LogP contribution in [-0.2, 0) is 16.1 Å². The second kappa shape index (κ2) is 11.5. The molecule has 0 saturated heterocycles. The summed E-state index contributed by atoms with van der Waals surface area (Å²) in [5, 5.41) is 3.52. The van der Waals surface area contributed by atoms with E-state index in [0.29, 0.717) is 11.4 Å². The Hall–Kier alpha value is -3.86. The summed E-state index contributed by atoms with van der Waals surface area (Å²) in [6, 6.07) is 11.9. The molecule has 1 N–H and O–H groups in total. The van der Waals surface area contributed by atoms with Gasteiger partial charge in [-0.2, -0.15) is 0 Å². The number of nitrogens with zero attached hydrogens (tertiary/aromatic N) is 3. The van der Waals surface area contributed by atoms with Crippen molar-refractivity contribution in [1.29, 1.82) is 0 Å². The number of alkyl halides is 3. The maximum absolute atomic E-state index is 13.6. The van der Waals surface area contributed by atoms with Crippen LogP contribution >= 0.6 is 11.6 Å². The molecule has 3 rings (SSSR count). The second-order valence-corrected chi connectivity index (χ2v) is 8.86. The number of likely N-dealkylation sites (N-methyl/N-ethyl adjacent to an activating group) is 1. The Bertz CT molecular complexity index is 1190. The third-order valence-corrected chi connectivity index (χ3v) is 5.43. The van der Waals surface area contributed by atoms with E-state index in [0.717, 1.165) is 23.3 Å². The molecule has 0 bridgehead atoms. The van der Waals surface area contributed by atoms with Gasteiger partial charge in [0.25, 0.3) is 12.3 Å². The highest BCUT2D eigenvalue weighted by Gasteiger charge is 2.40. The molecule has 2 aromatic carbocycles. The highest BCUT2D eigenvalue weighted by atomic mass is 35.5. The van der Waals surface area contributed by atoms with E-state index in [-0.39, 0.29) is 30.4 Å². The van der Waals surface area contributed by atoms with Crippen molar-refractivity contribution in [3.8, 4) is 11.5 Å². The Morgan fingerprint density at radius 2 is 1.84 bits per heavy atom. The first-order valence-electron chi connectivity index (χ1n) is 11.0. The molecule has 1 aliphatic heterocycles. The molecule has 0 radical (unpaired) electrons. The van der Waals surface area contributed by atoms with Crippen LogP contribution in [0, 0.1) is 0 Å². The fourth-order valence-electron chi connectivity index (χ4n) is 3.63. The van der Waals surface area contributed by atoms with E-state index in [2.05, 4.69) is 16.6 Å². The van der Waals surface area contributed by atoms with Crippen molar-refractivity contribution in [3.05, 3.63) is 82.8 Å². The molecule has 1 atom stereocenters. The number of hydrogen-bond donors (Lipinski definition) is 1. The molecule has 0 saturated carbocycles. The molecule has 2 aromatic rings. The van der Waals surface area contributed by atoms with E-state index in [1.54, 1.807) is 43.1 Å². The molecule has 8 nitrogen and oxygen atoms in total. The average molecular weight is 539 g/mol. The monoisotopic (exact) mass is 538 g/mol. The highest BCUT2D eigenvalue weighted by Crippen LogP contribution is 2.31. The van der Waals surface area contributed by atoms with E-state index < -0.39 is 24.4 Å². The van der Waals surface area contributed by atoms with Crippen LogP contribution in [0.4, 0.5) is 13.2 Å². The van der Waals surface area contributed by atoms with Gasteiger partial charge in [-0.05, 0) is 36.8 Å². The quantitative estimate of drug-likeness (QED) is 0.359. The third kappa shape index (κ3) is 7.32. The maximum atomic E-state index is 13.6. The molecule has 12 heteroatoms. The van der Waals surface area contributed by atoms with Crippen molar-refractivity contribution >= 4 is 23.9 Å². The van der Waals surface area contributed by atoms with E-state index in [1.165, 1.54) is 29.0 Å². The number of ether oxygens (including phenoxy) is 2. The lowest BCUT2D eigenvalue weighted by atomic mass is 10.2. The number of nitrogens with one attached hydrogen (secondary N) is 1. The van der Waals surface area contributed by atoms with Crippen LogP contribution in [0.5, 0.6) is 11.5 Å². The predicted octanol–water partition coefficient (Wildman–Crippen LogP) is 4.30. The van der Waals surface area contributed by atoms with Crippen LogP contribution in [0.15, 0.2) is 72.2 Å².